The fourth-order valence-electron chi connectivity index (χ4n) is 5.39. The lowest BCUT2D eigenvalue weighted by Gasteiger charge is -2.27. The second kappa shape index (κ2) is 6.70. The first kappa shape index (κ1) is 18.4. The molecular weight excluding hydrogens is 366 g/mol. The number of ether oxygens (including phenoxy) is 2. The van der Waals surface area contributed by atoms with Gasteiger partial charge in [-0.05, 0) is 41.7 Å². The van der Waals surface area contributed by atoms with Gasteiger partial charge in [0.15, 0.2) is 0 Å². The van der Waals surface area contributed by atoms with Gasteiger partial charge in [0.1, 0.15) is 18.8 Å². The number of nitrogens with two attached hydrogens (primary N) is 1. The van der Waals surface area contributed by atoms with Crippen LogP contribution in [0.4, 0.5) is 0 Å². The quantitative estimate of drug-likeness (QED) is 0.765. The van der Waals surface area contributed by atoms with Crippen LogP contribution in [0.3, 0.4) is 0 Å². The monoisotopic (exact) mass is 391 g/mol. The summed E-state index contributed by atoms with van der Waals surface area (Å²) in [6, 6.07) is 19.2. The van der Waals surface area contributed by atoms with Gasteiger partial charge in [-0.3, -0.25) is 9.59 Å². The van der Waals surface area contributed by atoms with Gasteiger partial charge in [-0.2, -0.15) is 0 Å². The first-order valence-electron chi connectivity index (χ1n) is 10.2. The molecule has 5 heteroatoms. The maximum atomic E-state index is 12.9. The highest BCUT2D eigenvalue weighted by molar-refractivity contribution is 5.87. The van der Waals surface area contributed by atoms with Crippen LogP contribution in [0.25, 0.3) is 0 Å². The molecule has 2 N–H and O–H groups in total. The summed E-state index contributed by atoms with van der Waals surface area (Å²) in [5, 5.41) is 0. The SMILES string of the molecule is N[C@@]1(C(=O)OCc2ccccc2)CC2(CC2)[C@H]2[C@H](C(=O)OCc3ccccc3)[C@H]21. The van der Waals surface area contributed by atoms with Crippen molar-refractivity contribution in [3.8, 4) is 0 Å². The zero-order valence-corrected chi connectivity index (χ0v) is 16.3. The van der Waals surface area contributed by atoms with E-state index in [2.05, 4.69) is 0 Å². The van der Waals surface area contributed by atoms with E-state index in [9.17, 15) is 9.59 Å². The highest BCUT2D eigenvalue weighted by Crippen LogP contribution is 2.78. The molecule has 0 radical (unpaired) electrons. The van der Waals surface area contributed by atoms with E-state index < -0.39 is 11.5 Å². The summed E-state index contributed by atoms with van der Waals surface area (Å²) in [4.78, 5) is 25.7. The molecule has 29 heavy (non-hydrogen) atoms. The van der Waals surface area contributed by atoms with E-state index in [0.29, 0.717) is 6.42 Å². The average Bonchev–Trinajstić information content (AvgIpc) is 3.65. The molecule has 5 nitrogen and oxygen atoms in total. The molecule has 0 saturated heterocycles. The predicted molar refractivity (Wildman–Crippen MR) is 106 cm³/mol. The van der Waals surface area contributed by atoms with Gasteiger partial charge in [0.05, 0.1) is 5.92 Å². The number of hydrogen-bond donors (Lipinski definition) is 1. The molecule has 5 rings (SSSR count). The zero-order chi connectivity index (χ0) is 20.1. The maximum absolute atomic E-state index is 12.9. The van der Waals surface area contributed by atoms with Crippen molar-refractivity contribution < 1.29 is 19.1 Å². The van der Waals surface area contributed by atoms with Crippen LogP contribution in [0, 0.1) is 23.2 Å². The minimum absolute atomic E-state index is 0.0294. The van der Waals surface area contributed by atoms with E-state index in [1.54, 1.807) is 0 Å². The Kier molecular flexibility index (Phi) is 4.24. The summed E-state index contributed by atoms with van der Waals surface area (Å²) in [5.74, 6) is -0.931. The summed E-state index contributed by atoms with van der Waals surface area (Å²) in [5.41, 5.74) is 7.44. The number of hydrogen-bond acceptors (Lipinski definition) is 5. The smallest absolute Gasteiger partial charge is 0.326 e. The van der Waals surface area contributed by atoms with Gasteiger partial charge >= 0.3 is 11.9 Å². The lowest BCUT2D eigenvalue weighted by atomic mass is 9.86. The third kappa shape index (κ3) is 3.14. The molecular formula is C24H25NO4. The standard InChI is InChI=1S/C24H25NO4/c25-24(22(27)29-14-17-9-5-2-6-10-17)15-23(11-12-23)19-18(20(19)24)21(26)28-13-16-7-3-1-4-8-16/h1-10,18-20H,11-15,25H2/t18-,19-,20+,24-/m0/s1. The molecule has 2 aromatic rings. The van der Waals surface area contributed by atoms with Gasteiger partial charge < -0.3 is 15.2 Å². The van der Waals surface area contributed by atoms with Crippen molar-refractivity contribution in [3.63, 3.8) is 0 Å². The fourth-order valence-corrected chi connectivity index (χ4v) is 5.39. The van der Waals surface area contributed by atoms with E-state index in [1.807, 2.05) is 60.7 Å². The Morgan fingerprint density at radius 3 is 1.97 bits per heavy atom. The normalized spacial score (nSPS) is 30.4. The van der Waals surface area contributed by atoms with Gasteiger partial charge in [-0.15, -0.1) is 0 Å². The van der Waals surface area contributed by atoms with Gasteiger partial charge in [-0.1, -0.05) is 60.7 Å². The van der Waals surface area contributed by atoms with Gasteiger partial charge in [0, 0.05) is 5.92 Å². The Morgan fingerprint density at radius 1 is 0.862 bits per heavy atom. The van der Waals surface area contributed by atoms with Gasteiger partial charge in [-0.25, -0.2) is 0 Å². The summed E-state index contributed by atoms with van der Waals surface area (Å²) in [7, 11) is 0. The lowest BCUT2D eigenvalue weighted by molar-refractivity contribution is -0.154. The number of rotatable bonds is 6. The highest BCUT2D eigenvalue weighted by atomic mass is 16.5. The first-order valence-corrected chi connectivity index (χ1v) is 10.2. The van der Waals surface area contributed by atoms with Crippen molar-refractivity contribution in [1.29, 1.82) is 0 Å². The Bertz CT molecular complexity index is 924. The largest absolute Gasteiger partial charge is 0.461 e. The first-order chi connectivity index (χ1) is 14.0. The molecule has 4 atom stereocenters. The molecule has 150 valence electrons. The van der Waals surface area contributed by atoms with Crippen LogP contribution in [-0.4, -0.2) is 17.5 Å². The van der Waals surface area contributed by atoms with Crippen molar-refractivity contribution in [3.05, 3.63) is 71.8 Å². The van der Waals surface area contributed by atoms with E-state index >= 15 is 0 Å². The van der Waals surface area contributed by atoms with Crippen molar-refractivity contribution in [1.82, 2.24) is 0 Å². The molecule has 0 aliphatic heterocycles. The van der Waals surface area contributed by atoms with E-state index in [0.717, 1.165) is 24.0 Å². The van der Waals surface area contributed by atoms with Crippen LogP contribution >= 0.6 is 0 Å². The Morgan fingerprint density at radius 2 is 1.41 bits per heavy atom. The Balaban J connectivity index is 1.26. The average molecular weight is 391 g/mol. The molecule has 1 spiro atoms. The second-order valence-electron chi connectivity index (χ2n) is 8.81. The highest BCUT2D eigenvalue weighted by Gasteiger charge is 2.81. The van der Waals surface area contributed by atoms with E-state index in [-0.39, 0.29) is 42.4 Å². The zero-order valence-electron chi connectivity index (χ0n) is 16.3. The van der Waals surface area contributed by atoms with Gasteiger partial charge in [0.25, 0.3) is 0 Å². The Labute approximate surface area is 170 Å². The third-order valence-corrected chi connectivity index (χ3v) is 6.95. The van der Waals surface area contributed by atoms with Crippen molar-refractivity contribution in [2.24, 2.45) is 28.9 Å². The van der Waals surface area contributed by atoms with Gasteiger partial charge in [0.2, 0.25) is 0 Å². The number of fused-ring (bicyclic) bond motifs is 2. The molecule has 3 aliphatic rings. The molecule has 0 heterocycles. The van der Waals surface area contributed by atoms with Crippen LogP contribution in [-0.2, 0) is 32.3 Å². The van der Waals surface area contributed by atoms with Crippen LogP contribution in [0.2, 0.25) is 0 Å². The number of carbonyl (C=O) groups excluding carboxylic acids is 2. The van der Waals surface area contributed by atoms with Crippen molar-refractivity contribution in [2.45, 2.75) is 38.0 Å². The van der Waals surface area contributed by atoms with Crippen LogP contribution in [0.1, 0.15) is 30.4 Å². The fraction of sp³-hybridized carbons (Fsp3) is 0.417. The molecule has 0 aromatic heterocycles. The number of benzene rings is 2. The summed E-state index contributed by atoms with van der Waals surface area (Å²) >= 11 is 0. The summed E-state index contributed by atoms with van der Waals surface area (Å²) in [6.45, 7) is 0.449. The number of carbonyl (C=O) groups is 2. The molecule has 0 amide bonds. The third-order valence-electron chi connectivity index (χ3n) is 6.95. The lowest BCUT2D eigenvalue weighted by Crippen LogP contribution is -2.51. The van der Waals surface area contributed by atoms with Crippen molar-refractivity contribution >= 4 is 11.9 Å². The maximum Gasteiger partial charge on any atom is 0.326 e. The van der Waals surface area contributed by atoms with E-state index in [4.69, 9.17) is 15.2 Å². The topological polar surface area (TPSA) is 78.6 Å². The summed E-state index contributed by atoms with van der Waals surface area (Å²) < 4.78 is 11.1. The summed E-state index contributed by atoms with van der Waals surface area (Å²) in [6.07, 6.45) is 2.68. The molecule has 0 bridgehead atoms. The van der Waals surface area contributed by atoms with Crippen LogP contribution in [0.5, 0.6) is 0 Å². The molecule has 3 fully saturated rings. The number of esters is 2. The molecule has 3 aliphatic carbocycles. The second-order valence-corrected chi connectivity index (χ2v) is 8.81. The van der Waals surface area contributed by atoms with Crippen LogP contribution in [0.15, 0.2) is 60.7 Å². The predicted octanol–water partition coefficient (Wildman–Crippen LogP) is 3.22. The molecule has 0 unspecified atom stereocenters. The Hall–Kier alpha value is -2.66. The minimum Gasteiger partial charge on any atom is -0.461 e. The van der Waals surface area contributed by atoms with E-state index in [1.165, 1.54) is 0 Å². The van der Waals surface area contributed by atoms with Crippen LogP contribution < -0.4 is 5.73 Å². The molecule has 3 saturated carbocycles. The van der Waals surface area contributed by atoms with Crippen molar-refractivity contribution in [2.75, 3.05) is 0 Å². The minimum atomic E-state index is -1.09. The molecule has 2 aromatic carbocycles.